The lowest BCUT2D eigenvalue weighted by atomic mass is 10.0. The minimum Gasteiger partial charge on any atom is -0.366 e. The maximum atomic E-state index is 12.6. The van der Waals surface area contributed by atoms with Gasteiger partial charge in [0, 0.05) is 36.9 Å². The van der Waals surface area contributed by atoms with Gasteiger partial charge < -0.3 is 20.3 Å². The number of carbonyl (C=O) groups excluding carboxylic acids is 2. The molecule has 25 heavy (non-hydrogen) atoms. The Bertz CT molecular complexity index is 588. The Hall–Kier alpha value is -1.63. The van der Waals surface area contributed by atoms with Gasteiger partial charge in [0.15, 0.2) is 0 Å². The first kappa shape index (κ1) is 19.7. The van der Waals surface area contributed by atoms with E-state index in [1.165, 1.54) is 6.42 Å². The molecule has 0 radical (unpaired) electrons. The van der Waals surface area contributed by atoms with E-state index in [1.807, 2.05) is 4.90 Å². The summed E-state index contributed by atoms with van der Waals surface area (Å²) in [4.78, 5) is 26.7. The second-order valence-corrected chi connectivity index (χ2v) is 6.47. The molecule has 2 saturated heterocycles. The third-order valence-corrected chi connectivity index (χ3v) is 4.68. The zero-order valence-electron chi connectivity index (χ0n) is 14.5. The first-order chi connectivity index (χ1) is 11.6. The lowest BCUT2D eigenvalue weighted by Crippen LogP contribution is -2.45. The number of carbonyl (C=O) groups is 2. The van der Waals surface area contributed by atoms with E-state index in [1.54, 1.807) is 24.3 Å². The fourth-order valence-electron chi connectivity index (χ4n) is 3.22. The third kappa shape index (κ3) is 4.93. The Morgan fingerprint density at radius 3 is 2.64 bits per heavy atom. The first-order valence-electron chi connectivity index (χ1n) is 8.69. The normalized spacial score (nSPS) is 23.5. The summed E-state index contributed by atoms with van der Waals surface area (Å²) in [6.45, 7) is 4.76. The summed E-state index contributed by atoms with van der Waals surface area (Å²) in [5.74, 6) is -0.0918. The van der Waals surface area contributed by atoms with Crippen molar-refractivity contribution in [1.82, 2.24) is 10.2 Å². The molecule has 0 aromatic heterocycles. The molecule has 6 nitrogen and oxygen atoms in total. The van der Waals surface area contributed by atoms with Crippen LogP contribution in [0.5, 0.6) is 0 Å². The molecular weight excluding hydrogens is 342 g/mol. The van der Waals surface area contributed by atoms with Crippen molar-refractivity contribution in [3.8, 4) is 0 Å². The van der Waals surface area contributed by atoms with Gasteiger partial charge in [0.05, 0.1) is 6.61 Å². The highest BCUT2D eigenvalue weighted by Gasteiger charge is 2.24. The van der Waals surface area contributed by atoms with Crippen molar-refractivity contribution in [2.75, 3.05) is 31.6 Å². The van der Waals surface area contributed by atoms with Crippen molar-refractivity contribution in [2.45, 2.75) is 38.3 Å². The molecule has 2 amide bonds. The second-order valence-electron chi connectivity index (χ2n) is 6.47. The van der Waals surface area contributed by atoms with Gasteiger partial charge in [-0.05, 0) is 50.5 Å². The number of piperidine rings is 1. The predicted octanol–water partition coefficient (Wildman–Crippen LogP) is 2.05. The SMILES string of the molecule is CC1CCCCN1C(=O)c1ccc(NC(=O)C2CNCCO2)cc1.Cl. The highest BCUT2D eigenvalue weighted by molar-refractivity contribution is 5.97. The van der Waals surface area contributed by atoms with Gasteiger partial charge in [-0.25, -0.2) is 0 Å². The molecule has 7 heteroatoms. The van der Waals surface area contributed by atoms with Crippen molar-refractivity contribution in [2.24, 2.45) is 0 Å². The zero-order chi connectivity index (χ0) is 16.9. The average Bonchev–Trinajstić information content (AvgIpc) is 2.63. The average molecular weight is 368 g/mol. The molecule has 0 spiro atoms. The molecule has 0 aliphatic carbocycles. The molecule has 2 fully saturated rings. The summed E-state index contributed by atoms with van der Waals surface area (Å²) in [6, 6.07) is 7.39. The van der Waals surface area contributed by atoms with Gasteiger partial charge in [-0.3, -0.25) is 9.59 Å². The molecule has 2 atom stereocenters. The predicted molar refractivity (Wildman–Crippen MR) is 99.3 cm³/mol. The molecule has 1 aromatic rings. The minimum absolute atomic E-state index is 0. The van der Waals surface area contributed by atoms with E-state index in [0.717, 1.165) is 25.9 Å². The number of anilines is 1. The van der Waals surface area contributed by atoms with Crippen molar-refractivity contribution in [3.05, 3.63) is 29.8 Å². The monoisotopic (exact) mass is 367 g/mol. The van der Waals surface area contributed by atoms with Crippen LogP contribution in [0.1, 0.15) is 36.5 Å². The van der Waals surface area contributed by atoms with Crippen LogP contribution in [0.4, 0.5) is 5.69 Å². The Labute approximate surface area is 154 Å². The zero-order valence-corrected chi connectivity index (χ0v) is 15.3. The molecular formula is C18H26ClN3O3. The summed E-state index contributed by atoms with van der Waals surface area (Å²) in [5, 5.41) is 5.97. The van der Waals surface area contributed by atoms with Crippen LogP contribution in [0.3, 0.4) is 0 Å². The molecule has 1 aromatic carbocycles. The molecule has 2 heterocycles. The number of ether oxygens (including phenoxy) is 1. The van der Waals surface area contributed by atoms with E-state index < -0.39 is 6.10 Å². The van der Waals surface area contributed by atoms with Crippen LogP contribution in [-0.4, -0.2) is 55.1 Å². The molecule has 0 saturated carbocycles. The quantitative estimate of drug-likeness (QED) is 0.857. The number of halogens is 1. The van der Waals surface area contributed by atoms with Gasteiger partial charge in [-0.2, -0.15) is 0 Å². The van der Waals surface area contributed by atoms with Crippen LogP contribution in [-0.2, 0) is 9.53 Å². The topological polar surface area (TPSA) is 70.7 Å². The number of nitrogens with one attached hydrogen (secondary N) is 2. The standard InChI is InChI=1S/C18H25N3O3.ClH/c1-13-4-2-3-10-21(13)18(23)14-5-7-15(8-6-14)20-17(22)16-12-19-9-11-24-16;/h5-8,13,16,19H,2-4,9-12H2,1H3,(H,20,22);1H. The number of likely N-dealkylation sites (tertiary alicyclic amines) is 1. The summed E-state index contributed by atoms with van der Waals surface area (Å²) in [6.07, 6.45) is 2.86. The van der Waals surface area contributed by atoms with Gasteiger partial charge in [0.2, 0.25) is 0 Å². The molecule has 0 bridgehead atoms. The number of nitrogens with zero attached hydrogens (tertiary/aromatic N) is 1. The number of benzene rings is 1. The van der Waals surface area contributed by atoms with Crippen molar-refractivity contribution in [1.29, 1.82) is 0 Å². The number of hydrogen-bond donors (Lipinski definition) is 2. The van der Waals surface area contributed by atoms with Crippen LogP contribution in [0.15, 0.2) is 24.3 Å². The first-order valence-corrected chi connectivity index (χ1v) is 8.69. The fraction of sp³-hybridized carbons (Fsp3) is 0.556. The minimum atomic E-state index is -0.464. The van der Waals surface area contributed by atoms with Gasteiger partial charge in [0.25, 0.3) is 11.8 Å². The van der Waals surface area contributed by atoms with Crippen LogP contribution >= 0.6 is 12.4 Å². The Morgan fingerprint density at radius 1 is 1.24 bits per heavy atom. The van der Waals surface area contributed by atoms with Gasteiger partial charge in [0.1, 0.15) is 6.10 Å². The Balaban J connectivity index is 0.00000225. The van der Waals surface area contributed by atoms with E-state index in [-0.39, 0.29) is 24.2 Å². The second kappa shape index (κ2) is 9.17. The Kier molecular flexibility index (Phi) is 7.23. The van der Waals surface area contributed by atoms with Crippen LogP contribution in [0, 0.1) is 0 Å². The van der Waals surface area contributed by atoms with Crippen LogP contribution < -0.4 is 10.6 Å². The van der Waals surface area contributed by atoms with E-state index in [9.17, 15) is 9.59 Å². The molecule has 138 valence electrons. The van der Waals surface area contributed by atoms with Crippen molar-refractivity contribution < 1.29 is 14.3 Å². The van der Waals surface area contributed by atoms with Crippen LogP contribution in [0.25, 0.3) is 0 Å². The number of amides is 2. The summed E-state index contributed by atoms with van der Waals surface area (Å²) < 4.78 is 5.43. The summed E-state index contributed by atoms with van der Waals surface area (Å²) >= 11 is 0. The van der Waals surface area contributed by atoms with Crippen molar-refractivity contribution in [3.63, 3.8) is 0 Å². The van der Waals surface area contributed by atoms with Gasteiger partial charge >= 0.3 is 0 Å². The van der Waals surface area contributed by atoms with Crippen LogP contribution in [0.2, 0.25) is 0 Å². The van der Waals surface area contributed by atoms with Crippen molar-refractivity contribution >= 4 is 29.9 Å². The molecule has 2 unspecified atom stereocenters. The van der Waals surface area contributed by atoms with Gasteiger partial charge in [-0.1, -0.05) is 0 Å². The van der Waals surface area contributed by atoms with E-state index in [4.69, 9.17) is 4.74 Å². The van der Waals surface area contributed by atoms with E-state index in [2.05, 4.69) is 17.6 Å². The number of hydrogen-bond acceptors (Lipinski definition) is 4. The molecule has 2 aliphatic heterocycles. The molecule has 3 rings (SSSR count). The summed E-state index contributed by atoms with van der Waals surface area (Å²) in [7, 11) is 0. The third-order valence-electron chi connectivity index (χ3n) is 4.68. The van der Waals surface area contributed by atoms with E-state index in [0.29, 0.717) is 30.4 Å². The van der Waals surface area contributed by atoms with Gasteiger partial charge in [-0.15, -0.1) is 12.4 Å². The smallest absolute Gasteiger partial charge is 0.254 e. The lowest BCUT2D eigenvalue weighted by Gasteiger charge is -2.33. The Morgan fingerprint density at radius 2 is 2.00 bits per heavy atom. The maximum Gasteiger partial charge on any atom is 0.254 e. The highest BCUT2D eigenvalue weighted by atomic mass is 35.5. The fourth-order valence-corrected chi connectivity index (χ4v) is 3.22. The maximum absolute atomic E-state index is 12.6. The molecule has 2 N–H and O–H groups in total. The van der Waals surface area contributed by atoms with E-state index >= 15 is 0 Å². The summed E-state index contributed by atoms with van der Waals surface area (Å²) in [5.41, 5.74) is 1.34. The highest BCUT2D eigenvalue weighted by Crippen LogP contribution is 2.20. The largest absolute Gasteiger partial charge is 0.366 e. The lowest BCUT2D eigenvalue weighted by molar-refractivity contribution is -0.128. The number of morpholine rings is 1. The molecule has 2 aliphatic rings. The number of rotatable bonds is 3.